The average molecular weight is 288 g/mol. The Hall–Kier alpha value is -1.49. The third-order valence-corrected chi connectivity index (χ3v) is 4.51. The third kappa shape index (κ3) is 3.23. The molecule has 1 aromatic heterocycles. The summed E-state index contributed by atoms with van der Waals surface area (Å²) in [5, 5.41) is 0. The van der Waals surface area contributed by atoms with Crippen molar-refractivity contribution < 1.29 is 4.79 Å². The zero-order valence-electron chi connectivity index (χ0n) is 13.0. The molecular weight excluding hydrogens is 264 g/mol. The van der Waals surface area contributed by atoms with E-state index >= 15 is 0 Å². The second-order valence-corrected chi connectivity index (χ2v) is 6.33. The maximum absolute atomic E-state index is 12.5. The number of rotatable bonds is 2. The standard InChI is InChI=1S/C16H24N4O/c1-12-17-14(13-6-5-7-19(2)11-13)10-15(18-12)16(21)20-8-3-4-9-20/h10,13H,3-9,11H2,1-2H3/t13-/m0/s1. The zero-order chi connectivity index (χ0) is 14.8. The highest BCUT2D eigenvalue weighted by molar-refractivity contribution is 5.92. The number of hydrogen-bond donors (Lipinski definition) is 0. The lowest BCUT2D eigenvalue weighted by Gasteiger charge is -2.29. The molecule has 0 saturated carbocycles. The van der Waals surface area contributed by atoms with Crippen molar-refractivity contribution in [2.75, 3.05) is 33.2 Å². The van der Waals surface area contributed by atoms with Crippen LogP contribution in [-0.2, 0) is 0 Å². The van der Waals surface area contributed by atoms with Crippen molar-refractivity contribution in [1.82, 2.24) is 19.8 Å². The molecular formula is C16H24N4O. The number of likely N-dealkylation sites (N-methyl/N-ethyl adjacent to an activating group) is 1. The molecule has 114 valence electrons. The van der Waals surface area contributed by atoms with Crippen molar-refractivity contribution in [3.05, 3.63) is 23.3 Å². The van der Waals surface area contributed by atoms with Crippen molar-refractivity contribution in [2.45, 2.75) is 38.5 Å². The second kappa shape index (κ2) is 6.10. The summed E-state index contributed by atoms with van der Waals surface area (Å²) in [5.74, 6) is 1.21. The summed E-state index contributed by atoms with van der Waals surface area (Å²) in [7, 11) is 2.15. The van der Waals surface area contributed by atoms with E-state index in [1.54, 1.807) is 0 Å². The Labute approximate surface area is 126 Å². The van der Waals surface area contributed by atoms with Crippen LogP contribution in [-0.4, -0.2) is 58.9 Å². The fraction of sp³-hybridized carbons (Fsp3) is 0.688. The maximum Gasteiger partial charge on any atom is 0.272 e. The van der Waals surface area contributed by atoms with Gasteiger partial charge in [-0.1, -0.05) is 0 Å². The number of aromatic nitrogens is 2. The van der Waals surface area contributed by atoms with Gasteiger partial charge < -0.3 is 9.80 Å². The molecule has 0 aliphatic carbocycles. The predicted molar refractivity (Wildman–Crippen MR) is 81.4 cm³/mol. The normalized spacial score (nSPS) is 23.5. The Kier molecular flexibility index (Phi) is 4.19. The van der Waals surface area contributed by atoms with Gasteiger partial charge in [-0.05, 0) is 52.3 Å². The molecule has 3 rings (SSSR count). The number of aryl methyl sites for hydroxylation is 1. The predicted octanol–water partition coefficient (Wildman–Crippen LogP) is 1.83. The molecule has 2 aliphatic heterocycles. The van der Waals surface area contributed by atoms with Gasteiger partial charge >= 0.3 is 0 Å². The topological polar surface area (TPSA) is 49.3 Å². The molecule has 21 heavy (non-hydrogen) atoms. The molecule has 5 nitrogen and oxygen atoms in total. The van der Waals surface area contributed by atoms with Crippen LogP contribution in [0.2, 0.25) is 0 Å². The second-order valence-electron chi connectivity index (χ2n) is 6.33. The monoisotopic (exact) mass is 288 g/mol. The molecule has 1 aromatic rings. The van der Waals surface area contributed by atoms with Gasteiger partial charge in [0, 0.05) is 31.2 Å². The molecule has 0 spiro atoms. The summed E-state index contributed by atoms with van der Waals surface area (Å²) in [6.45, 7) is 5.79. The number of carbonyl (C=O) groups excluding carboxylic acids is 1. The molecule has 0 radical (unpaired) electrons. The summed E-state index contributed by atoms with van der Waals surface area (Å²) in [5.41, 5.74) is 1.62. The van der Waals surface area contributed by atoms with Gasteiger partial charge in [0.05, 0.1) is 0 Å². The smallest absolute Gasteiger partial charge is 0.272 e. The van der Waals surface area contributed by atoms with Gasteiger partial charge in [0.1, 0.15) is 11.5 Å². The van der Waals surface area contributed by atoms with E-state index in [9.17, 15) is 4.79 Å². The van der Waals surface area contributed by atoms with Crippen LogP contribution in [0.5, 0.6) is 0 Å². The van der Waals surface area contributed by atoms with Crippen molar-refractivity contribution in [3.63, 3.8) is 0 Å². The largest absolute Gasteiger partial charge is 0.337 e. The minimum Gasteiger partial charge on any atom is -0.337 e. The minimum atomic E-state index is 0.0726. The minimum absolute atomic E-state index is 0.0726. The number of hydrogen-bond acceptors (Lipinski definition) is 4. The SMILES string of the molecule is Cc1nc(C(=O)N2CCCC2)cc([C@H]2CCCN(C)C2)n1. The molecule has 0 unspecified atom stereocenters. The van der Waals surface area contributed by atoms with E-state index in [4.69, 9.17) is 0 Å². The molecule has 2 aliphatic rings. The highest BCUT2D eigenvalue weighted by Gasteiger charge is 2.25. The van der Waals surface area contributed by atoms with E-state index < -0.39 is 0 Å². The van der Waals surface area contributed by atoms with E-state index in [1.807, 2.05) is 17.9 Å². The first-order valence-corrected chi connectivity index (χ1v) is 7.97. The Balaban J connectivity index is 1.83. The molecule has 1 atom stereocenters. The lowest BCUT2D eigenvalue weighted by molar-refractivity contribution is 0.0786. The van der Waals surface area contributed by atoms with Crippen LogP contribution >= 0.6 is 0 Å². The highest BCUT2D eigenvalue weighted by atomic mass is 16.2. The molecule has 2 fully saturated rings. The Bertz CT molecular complexity index is 525. The lowest BCUT2D eigenvalue weighted by Crippen LogP contribution is -2.32. The quantitative estimate of drug-likeness (QED) is 0.833. The number of likely N-dealkylation sites (tertiary alicyclic amines) is 2. The van der Waals surface area contributed by atoms with Crippen molar-refractivity contribution in [1.29, 1.82) is 0 Å². The fourth-order valence-electron chi connectivity index (χ4n) is 3.40. The molecule has 2 saturated heterocycles. The van der Waals surface area contributed by atoms with E-state index in [0.717, 1.165) is 51.1 Å². The van der Waals surface area contributed by atoms with Gasteiger partial charge in [0.15, 0.2) is 0 Å². The van der Waals surface area contributed by atoms with Crippen LogP contribution < -0.4 is 0 Å². The summed E-state index contributed by atoms with van der Waals surface area (Å²) >= 11 is 0. The van der Waals surface area contributed by atoms with E-state index in [0.29, 0.717) is 17.4 Å². The average Bonchev–Trinajstić information content (AvgIpc) is 3.00. The number of amides is 1. The van der Waals surface area contributed by atoms with E-state index in [-0.39, 0.29) is 5.91 Å². The number of carbonyl (C=O) groups is 1. The van der Waals surface area contributed by atoms with Crippen LogP contribution in [0.15, 0.2) is 6.07 Å². The van der Waals surface area contributed by atoms with Crippen molar-refractivity contribution >= 4 is 5.91 Å². The Morgan fingerprint density at radius 2 is 1.95 bits per heavy atom. The lowest BCUT2D eigenvalue weighted by atomic mass is 9.94. The van der Waals surface area contributed by atoms with Crippen LogP contribution in [0.3, 0.4) is 0 Å². The van der Waals surface area contributed by atoms with Gasteiger partial charge in [-0.3, -0.25) is 4.79 Å². The first-order valence-electron chi connectivity index (χ1n) is 7.97. The van der Waals surface area contributed by atoms with Crippen LogP contribution in [0.25, 0.3) is 0 Å². The van der Waals surface area contributed by atoms with Crippen molar-refractivity contribution in [2.24, 2.45) is 0 Å². The van der Waals surface area contributed by atoms with Crippen molar-refractivity contribution in [3.8, 4) is 0 Å². The van der Waals surface area contributed by atoms with E-state index in [2.05, 4.69) is 21.9 Å². The van der Waals surface area contributed by atoms with Crippen LogP contribution in [0, 0.1) is 6.92 Å². The Morgan fingerprint density at radius 1 is 1.19 bits per heavy atom. The van der Waals surface area contributed by atoms with Crippen LogP contribution in [0.4, 0.5) is 0 Å². The summed E-state index contributed by atoms with van der Waals surface area (Å²) in [4.78, 5) is 25.7. The molecule has 5 heteroatoms. The molecule has 0 N–H and O–H groups in total. The number of piperidine rings is 1. The highest BCUT2D eigenvalue weighted by Crippen LogP contribution is 2.25. The van der Waals surface area contributed by atoms with Crippen LogP contribution in [0.1, 0.15) is 53.6 Å². The first kappa shape index (κ1) is 14.4. The van der Waals surface area contributed by atoms with Gasteiger partial charge in [-0.15, -0.1) is 0 Å². The van der Waals surface area contributed by atoms with Gasteiger partial charge in [-0.2, -0.15) is 0 Å². The van der Waals surface area contributed by atoms with Gasteiger partial charge in [-0.25, -0.2) is 9.97 Å². The summed E-state index contributed by atoms with van der Waals surface area (Å²) < 4.78 is 0. The number of nitrogens with zero attached hydrogens (tertiary/aromatic N) is 4. The molecule has 0 aromatic carbocycles. The van der Waals surface area contributed by atoms with Gasteiger partial charge in [0.25, 0.3) is 5.91 Å². The summed E-state index contributed by atoms with van der Waals surface area (Å²) in [6, 6.07) is 1.93. The third-order valence-electron chi connectivity index (χ3n) is 4.51. The summed E-state index contributed by atoms with van der Waals surface area (Å²) in [6.07, 6.45) is 4.56. The first-order chi connectivity index (χ1) is 10.1. The Morgan fingerprint density at radius 3 is 2.67 bits per heavy atom. The fourth-order valence-corrected chi connectivity index (χ4v) is 3.40. The maximum atomic E-state index is 12.5. The zero-order valence-corrected chi connectivity index (χ0v) is 13.0. The van der Waals surface area contributed by atoms with Gasteiger partial charge in [0.2, 0.25) is 0 Å². The van der Waals surface area contributed by atoms with E-state index in [1.165, 1.54) is 6.42 Å². The molecule has 0 bridgehead atoms. The molecule has 3 heterocycles. The molecule has 1 amide bonds.